The molecule has 2 aromatic heterocycles. The van der Waals surface area contributed by atoms with Crippen LogP contribution >= 0.6 is 0 Å². The van der Waals surface area contributed by atoms with Gasteiger partial charge in [-0.25, -0.2) is 14.8 Å². The number of nitrogens with zero attached hydrogens (tertiary/aromatic N) is 4. The number of aliphatic hydroxyl groups is 3. The number of carbonyl (C=O) groups is 1. The van der Waals surface area contributed by atoms with Crippen molar-refractivity contribution in [1.29, 1.82) is 0 Å². The predicted molar refractivity (Wildman–Crippen MR) is 228 cm³/mol. The Morgan fingerprint density at radius 1 is 0.845 bits per heavy atom. The van der Waals surface area contributed by atoms with Gasteiger partial charge < -0.3 is 36.5 Å². The van der Waals surface area contributed by atoms with Crippen molar-refractivity contribution in [3.05, 3.63) is 119 Å². The second-order valence-corrected chi connectivity index (χ2v) is 14.2. The summed E-state index contributed by atoms with van der Waals surface area (Å²) in [6.07, 6.45) is 9.73. The number of likely N-dealkylation sites (tertiary alicyclic amines) is 1. The summed E-state index contributed by atoms with van der Waals surface area (Å²) in [5, 5.41) is 26.6. The van der Waals surface area contributed by atoms with E-state index in [0.29, 0.717) is 29.4 Å². The average molecular weight is 788 g/mol. The van der Waals surface area contributed by atoms with Gasteiger partial charge in [-0.15, -0.1) is 12.8 Å². The number of terminal acetylenes is 1. The van der Waals surface area contributed by atoms with Gasteiger partial charge in [0.25, 0.3) is 0 Å². The van der Waals surface area contributed by atoms with Crippen LogP contribution in [0, 0.1) is 12.8 Å². The molecule has 2 fully saturated rings. The predicted octanol–water partition coefficient (Wildman–Crippen LogP) is 4.64. The van der Waals surface area contributed by atoms with E-state index in [2.05, 4.69) is 47.0 Å². The molecule has 8 N–H and O–H groups in total. The summed E-state index contributed by atoms with van der Waals surface area (Å²) in [4.78, 5) is 39.8. The first kappa shape index (κ1) is 43.4. The normalized spacial score (nSPS) is 18.2. The Morgan fingerprint density at radius 2 is 1.41 bits per heavy atom. The molecule has 2 aliphatic rings. The summed E-state index contributed by atoms with van der Waals surface area (Å²) in [6.45, 7) is 5.16. The molecule has 0 bridgehead atoms. The Kier molecular flexibility index (Phi) is 15.8. The zero-order chi connectivity index (χ0) is 41.6. The zero-order valence-electron chi connectivity index (χ0n) is 32.8. The number of amides is 1. The molecule has 13 nitrogen and oxygen atoms in total. The highest BCUT2D eigenvalue weighted by atomic mass is 16.5. The molecule has 0 spiro atoms. The average Bonchev–Trinajstić information content (AvgIpc) is 3.60. The highest BCUT2D eigenvalue weighted by molar-refractivity contribution is 5.97. The molecule has 304 valence electrons. The first-order valence-corrected chi connectivity index (χ1v) is 19.5. The Labute approximate surface area is 338 Å². The molecule has 0 radical (unpaired) electrons. The highest BCUT2D eigenvalue weighted by Crippen LogP contribution is 2.32. The van der Waals surface area contributed by atoms with Gasteiger partial charge in [-0.2, -0.15) is 0 Å². The minimum absolute atomic E-state index is 0.0252. The Balaban J connectivity index is 0.000000340. The van der Waals surface area contributed by atoms with Crippen LogP contribution in [0.1, 0.15) is 54.6 Å². The molecule has 2 aliphatic heterocycles. The second kappa shape index (κ2) is 21.2. The number of rotatable bonds is 8. The van der Waals surface area contributed by atoms with Crippen molar-refractivity contribution in [1.82, 2.24) is 24.4 Å². The van der Waals surface area contributed by atoms with Gasteiger partial charge in [0.05, 0.1) is 65.0 Å². The maximum Gasteiger partial charge on any atom is 0.326 e. The van der Waals surface area contributed by atoms with Crippen molar-refractivity contribution in [3.8, 4) is 35.4 Å². The van der Waals surface area contributed by atoms with Crippen LogP contribution in [0.4, 0.5) is 0 Å². The molecular weight excluding hydrogens is 735 g/mol. The zero-order valence-corrected chi connectivity index (χ0v) is 32.8. The quantitative estimate of drug-likeness (QED) is 0.118. The molecule has 8 rings (SSSR count). The van der Waals surface area contributed by atoms with Gasteiger partial charge in [-0.05, 0) is 55.3 Å². The number of para-hydroxylation sites is 2. The van der Waals surface area contributed by atoms with Gasteiger partial charge in [0.15, 0.2) is 0 Å². The fraction of sp³-hybridized carbons (Fsp3) is 0.333. The molecule has 1 amide bonds. The van der Waals surface area contributed by atoms with E-state index in [-0.39, 0.29) is 37.2 Å². The summed E-state index contributed by atoms with van der Waals surface area (Å²) >= 11 is 0. The molecule has 2 saturated heterocycles. The standard InChI is InChI=1S/C34H30N6O2.C7H14O4.C2H7N.C2H2/c35-33(41)25-14-15-27-29(20-25)37-32(31(36-27)23-6-2-1-3-7-23)24-12-10-22(11-13-24)21-39-18-16-26(17-19-39)40-30-9-5-4-8-28(30)38-34(40)42;8-3-6-1-5(10)2-7(4-9)11-6;1-2-3;1-2/h1-15,20,26H,16-19,21H2,(H2,35,41)(H,38,42);5-10H,1-4H2;2-3H2,1H3;1-2H/t;5?,6-,7?;;/m.0../s1. The van der Waals surface area contributed by atoms with E-state index < -0.39 is 12.0 Å². The van der Waals surface area contributed by atoms with Gasteiger partial charge in [0.1, 0.15) is 0 Å². The van der Waals surface area contributed by atoms with Crippen LogP contribution in [0.5, 0.6) is 0 Å². The lowest BCUT2D eigenvalue weighted by Gasteiger charge is -2.32. The van der Waals surface area contributed by atoms with Crippen LogP contribution in [0.3, 0.4) is 0 Å². The van der Waals surface area contributed by atoms with Crippen molar-refractivity contribution < 1.29 is 24.9 Å². The van der Waals surface area contributed by atoms with E-state index in [1.54, 1.807) is 18.2 Å². The minimum Gasteiger partial charge on any atom is -0.394 e. The molecule has 4 heterocycles. The number of aliphatic hydroxyl groups excluding tert-OH is 3. The van der Waals surface area contributed by atoms with E-state index in [4.69, 9.17) is 36.4 Å². The van der Waals surface area contributed by atoms with Crippen LogP contribution in [0.15, 0.2) is 102 Å². The molecule has 0 aliphatic carbocycles. The van der Waals surface area contributed by atoms with E-state index in [1.807, 2.05) is 66.1 Å². The number of carbonyl (C=O) groups excluding carboxylic acids is 1. The molecule has 2 unspecified atom stereocenters. The van der Waals surface area contributed by atoms with Gasteiger partial charge in [-0.3, -0.25) is 14.3 Å². The number of piperidine rings is 1. The Morgan fingerprint density at radius 3 is 2.02 bits per heavy atom. The van der Waals surface area contributed by atoms with E-state index >= 15 is 0 Å². The summed E-state index contributed by atoms with van der Waals surface area (Å²) in [6, 6.07) is 31.8. The lowest BCUT2D eigenvalue weighted by molar-refractivity contribution is -0.125. The number of aromatic nitrogens is 4. The molecule has 58 heavy (non-hydrogen) atoms. The molecular formula is C45H53N7O6. The van der Waals surface area contributed by atoms with Crippen LogP contribution in [0.25, 0.3) is 44.6 Å². The topological polar surface area (TPSA) is 206 Å². The van der Waals surface area contributed by atoms with Crippen molar-refractivity contribution in [2.24, 2.45) is 11.5 Å². The molecule has 4 aromatic carbocycles. The van der Waals surface area contributed by atoms with Gasteiger partial charge >= 0.3 is 5.69 Å². The number of nitrogens with two attached hydrogens (primary N) is 2. The van der Waals surface area contributed by atoms with Gasteiger partial charge in [0.2, 0.25) is 5.91 Å². The summed E-state index contributed by atoms with van der Waals surface area (Å²) in [7, 11) is 0. The van der Waals surface area contributed by atoms with Crippen molar-refractivity contribution in [2.45, 2.75) is 63.5 Å². The fourth-order valence-corrected chi connectivity index (χ4v) is 7.33. The SMILES string of the molecule is C#C.CCN.NC(=O)c1ccc2nc(-c3ccccc3)c(-c3ccc(CN4CCC(n5c(=O)[nH]c6ccccc65)CC4)cc3)nc2c1.OCC1CC(O)C[C@@H](CO)O1. The fourth-order valence-electron chi connectivity index (χ4n) is 7.33. The number of ether oxygens (including phenoxy) is 1. The van der Waals surface area contributed by atoms with Gasteiger partial charge in [-0.1, -0.05) is 73.7 Å². The van der Waals surface area contributed by atoms with Gasteiger partial charge in [0, 0.05) is 55.2 Å². The lowest BCUT2D eigenvalue weighted by atomic mass is 10.0. The Bertz CT molecular complexity index is 2290. The van der Waals surface area contributed by atoms with Crippen molar-refractivity contribution >= 4 is 28.0 Å². The number of benzene rings is 4. The number of aromatic amines is 1. The first-order chi connectivity index (χ1) is 28.2. The molecule has 3 atom stereocenters. The number of hydrogen-bond acceptors (Lipinski definition) is 10. The Hall–Kier alpha value is -5.72. The number of hydrogen-bond donors (Lipinski definition) is 6. The second-order valence-electron chi connectivity index (χ2n) is 14.2. The third-order valence-electron chi connectivity index (χ3n) is 10.0. The number of H-pyrrole nitrogens is 1. The smallest absolute Gasteiger partial charge is 0.326 e. The third kappa shape index (κ3) is 10.8. The number of primary amides is 1. The maximum atomic E-state index is 12.7. The van der Waals surface area contributed by atoms with E-state index in [1.165, 1.54) is 5.56 Å². The highest BCUT2D eigenvalue weighted by Gasteiger charge is 2.27. The monoisotopic (exact) mass is 787 g/mol. The molecule has 13 heteroatoms. The maximum absolute atomic E-state index is 12.7. The number of nitrogens with one attached hydrogen (secondary N) is 1. The van der Waals surface area contributed by atoms with Crippen molar-refractivity contribution in [3.63, 3.8) is 0 Å². The third-order valence-corrected chi connectivity index (χ3v) is 10.0. The summed E-state index contributed by atoms with van der Waals surface area (Å²) in [5.74, 6) is -0.491. The summed E-state index contributed by atoms with van der Waals surface area (Å²) in [5.41, 5.74) is 18.6. The minimum atomic E-state index is -0.491. The van der Waals surface area contributed by atoms with Crippen LogP contribution in [0.2, 0.25) is 0 Å². The lowest BCUT2D eigenvalue weighted by Crippen LogP contribution is -2.39. The summed E-state index contributed by atoms with van der Waals surface area (Å²) < 4.78 is 7.13. The molecule has 6 aromatic rings. The van der Waals surface area contributed by atoms with Crippen molar-refractivity contribution in [2.75, 3.05) is 32.8 Å². The van der Waals surface area contributed by atoms with Crippen LogP contribution < -0.4 is 17.2 Å². The van der Waals surface area contributed by atoms with E-state index in [0.717, 1.165) is 72.6 Å². The number of imidazole rings is 1. The first-order valence-electron chi connectivity index (χ1n) is 19.5. The van der Waals surface area contributed by atoms with Crippen LogP contribution in [-0.4, -0.2) is 96.8 Å². The number of fused-ring (bicyclic) bond motifs is 2. The van der Waals surface area contributed by atoms with Crippen LogP contribution in [-0.2, 0) is 11.3 Å². The molecule has 0 saturated carbocycles. The van der Waals surface area contributed by atoms with E-state index in [9.17, 15) is 14.7 Å². The largest absolute Gasteiger partial charge is 0.394 e.